The van der Waals surface area contributed by atoms with E-state index in [1.807, 2.05) is 75.3 Å². The molecule has 5 nitrogen and oxygen atoms in total. The van der Waals surface area contributed by atoms with Crippen molar-refractivity contribution >= 4 is 17.5 Å². The minimum Gasteiger partial charge on any atom is -0.340 e. The van der Waals surface area contributed by atoms with Gasteiger partial charge in [0.15, 0.2) is 0 Å². The smallest absolute Gasteiger partial charge is 0.251 e. The molecule has 2 N–H and O–H groups in total. The molecule has 0 radical (unpaired) electrons. The molecule has 0 saturated carbocycles. The fraction of sp³-hybridized carbons (Fsp3) is 0.364. The molecule has 5 heteroatoms. The zero-order valence-corrected chi connectivity index (χ0v) is 16.5. The zero-order chi connectivity index (χ0) is 19.8. The van der Waals surface area contributed by atoms with Crippen LogP contribution >= 0.6 is 0 Å². The number of anilines is 1. The third kappa shape index (κ3) is 5.93. The van der Waals surface area contributed by atoms with Crippen LogP contribution < -0.4 is 10.6 Å². The molecule has 144 valence electrons. The van der Waals surface area contributed by atoms with Crippen LogP contribution in [-0.2, 0) is 11.3 Å². The first-order chi connectivity index (χ1) is 12.9. The topological polar surface area (TPSA) is 61.4 Å². The van der Waals surface area contributed by atoms with Crippen LogP contribution in [0, 0.1) is 5.92 Å². The summed E-state index contributed by atoms with van der Waals surface area (Å²) in [6, 6.07) is 16.1. The molecule has 2 amide bonds. The van der Waals surface area contributed by atoms with Gasteiger partial charge in [-0.15, -0.1) is 0 Å². The number of rotatable bonds is 8. The van der Waals surface area contributed by atoms with Crippen molar-refractivity contribution in [2.75, 3.05) is 19.4 Å². The average Bonchev–Trinajstić information content (AvgIpc) is 2.67. The van der Waals surface area contributed by atoms with E-state index in [0.717, 1.165) is 24.2 Å². The molecular formula is C22H29N3O2. The molecule has 2 atom stereocenters. The third-order valence-electron chi connectivity index (χ3n) is 4.58. The highest BCUT2D eigenvalue weighted by atomic mass is 16.2. The summed E-state index contributed by atoms with van der Waals surface area (Å²) in [5.41, 5.74) is 2.36. The SMILES string of the molecule is CCC(C)C(NC(=O)c1ccccc1)C(=O)Nc1ccccc1CN(C)C. The van der Waals surface area contributed by atoms with Gasteiger partial charge in [0.2, 0.25) is 5.91 Å². The third-order valence-corrected chi connectivity index (χ3v) is 4.58. The maximum Gasteiger partial charge on any atom is 0.251 e. The summed E-state index contributed by atoms with van der Waals surface area (Å²) < 4.78 is 0. The Balaban J connectivity index is 2.17. The van der Waals surface area contributed by atoms with E-state index in [1.165, 1.54) is 0 Å². The highest BCUT2D eigenvalue weighted by molar-refractivity contribution is 6.01. The summed E-state index contributed by atoms with van der Waals surface area (Å²) in [6.07, 6.45) is 0.784. The molecule has 2 unspecified atom stereocenters. The Morgan fingerprint density at radius 3 is 2.26 bits per heavy atom. The predicted molar refractivity (Wildman–Crippen MR) is 110 cm³/mol. The van der Waals surface area contributed by atoms with E-state index >= 15 is 0 Å². The van der Waals surface area contributed by atoms with Gasteiger partial charge in [-0.25, -0.2) is 0 Å². The molecule has 0 aliphatic rings. The van der Waals surface area contributed by atoms with Crippen molar-refractivity contribution in [3.8, 4) is 0 Å². The Morgan fingerprint density at radius 1 is 1.00 bits per heavy atom. The molecule has 2 aromatic carbocycles. The number of nitrogens with zero attached hydrogens (tertiary/aromatic N) is 1. The van der Waals surface area contributed by atoms with Gasteiger partial charge in [0, 0.05) is 17.8 Å². The second-order valence-corrected chi connectivity index (χ2v) is 7.09. The minimum absolute atomic E-state index is 0.0127. The van der Waals surface area contributed by atoms with E-state index in [-0.39, 0.29) is 17.7 Å². The van der Waals surface area contributed by atoms with Gasteiger partial charge >= 0.3 is 0 Å². The van der Waals surface area contributed by atoms with Crippen LogP contribution in [0.15, 0.2) is 54.6 Å². The molecule has 0 aliphatic heterocycles. The Hall–Kier alpha value is -2.66. The lowest BCUT2D eigenvalue weighted by molar-refractivity contribution is -0.119. The van der Waals surface area contributed by atoms with E-state index in [0.29, 0.717) is 5.56 Å². The van der Waals surface area contributed by atoms with Crippen LogP contribution in [0.3, 0.4) is 0 Å². The number of carbonyl (C=O) groups is 2. The number of nitrogens with one attached hydrogen (secondary N) is 2. The van der Waals surface area contributed by atoms with Crippen LogP contribution in [0.2, 0.25) is 0 Å². The molecule has 0 bridgehead atoms. The number of para-hydroxylation sites is 1. The van der Waals surface area contributed by atoms with Gasteiger partial charge in [0.1, 0.15) is 6.04 Å². The molecule has 0 saturated heterocycles. The van der Waals surface area contributed by atoms with Gasteiger partial charge in [-0.05, 0) is 43.8 Å². The Bertz CT molecular complexity index is 759. The molecule has 0 aromatic heterocycles. The summed E-state index contributed by atoms with van der Waals surface area (Å²) in [4.78, 5) is 27.6. The number of hydrogen-bond donors (Lipinski definition) is 2. The van der Waals surface area contributed by atoms with Crippen molar-refractivity contribution in [3.05, 3.63) is 65.7 Å². The average molecular weight is 367 g/mol. The van der Waals surface area contributed by atoms with Gasteiger partial charge in [-0.3, -0.25) is 9.59 Å². The van der Waals surface area contributed by atoms with E-state index in [2.05, 4.69) is 10.6 Å². The van der Waals surface area contributed by atoms with Crippen LogP contribution in [0.4, 0.5) is 5.69 Å². The summed E-state index contributed by atoms with van der Waals surface area (Å²) in [5, 5.41) is 5.91. The molecule has 0 aliphatic carbocycles. The van der Waals surface area contributed by atoms with Gasteiger partial charge < -0.3 is 15.5 Å². The number of benzene rings is 2. The minimum atomic E-state index is -0.602. The molecule has 2 aromatic rings. The van der Waals surface area contributed by atoms with Crippen molar-refractivity contribution in [1.82, 2.24) is 10.2 Å². The summed E-state index contributed by atoms with van der Waals surface area (Å²) in [5.74, 6) is -0.420. The van der Waals surface area contributed by atoms with Crippen LogP contribution in [0.1, 0.15) is 36.2 Å². The Kier molecular flexibility index (Phi) is 7.55. The van der Waals surface area contributed by atoms with Crippen LogP contribution in [0.5, 0.6) is 0 Å². The van der Waals surface area contributed by atoms with Crippen molar-refractivity contribution in [2.45, 2.75) is 32.9 Å². The Labute approximate surface area is 161 Å². The lowest BCUT2D eigenvalue weighted by atomic mass is 9.97. The largest absolute Gasteiger partial charge is 0.340 e. The Morgan fingerprint density at radius 2 is 1.63 bits per heavy atom. The van der Waals surface area contributed by atoms with Crippen molar-refractivity contribution in [1.29, 1.82) is 0 Å². The van der Waals surface area contributed by atoms with Crippen LogP contribution in [0.25, 0.3) is 0 Å². The fourth-order valence-electron chi connectivity index (χ4n) is 2.85. The van der Waals surface area contributed by atoms with Crippen molar-refractivity contribution in [2.24, 2.45) is 5.92 Å². The van der Waals surface area contributed by atoms with Crippen molar-refractivity contribution in [3.63, 3.8) is 0 Å². The number of carbonyl (C=O) groups excluding carboxylic acids is 2. The molecule has 0 fully saturated rings. The van der Waals surface area contributed by atoms with Crippen molar-refractivity contribution < 1.29 is 9.59 Å². The first kappa shape index (κ1) is 20.6. The van der Waals surface area contributed by atoms with Gasteiger partial charge in [0.25, 0.3) is 5.91 Å². The molecule has 0 spiro atoms. The monoisotopic (exact) mass is 367 g/mol. The second kappa shape index (κ2) is 9.88. The lowest BCUT2D eigenvalue weighted by Gasteiger charge is -2.24. The summed E-state index contributed by atoms with van der Waals surface area (Å²) >= 11 is 0. The van der Waals surface area contributed by atoms with E-state index in [9.17, 15) is 9.59 Å². The van der Waals surface area contributed by atoms with Gasteiger partial charge in [0.05, 0.1) is 0 Å². The fourth-order valence-corrected chi connectivity index (χ4v) is 2.85. The van der Waals surface area contributed by atoms with E-state index in [1.54, 1.807) is 12.1 Å². The molecule has 2 rings (SSSR count). The zero-order valence-electron chi connectivity index (χ0n) is 16.5. The highest BCUT2D eigenvalue weighted by Gasteiger charge is 2.26. The van der Waals surface area contributed by atoms with Gasteiger partial charge in [-0.1, -0.05) is 56.7 Å². The molecule has 27 heavy (non-hydrogen) atoms. The molecule has 0 heterocycles. The first-order valence-corrected chi connectivity index (χ1v) is 9.31. The maximum absolute atomic E-state index is 13.0. The van der Waals surface area contributed by atoms with E-state index in [4.69, 9.17) is 0 Å². The number of amides is 2. The van der Waals surface area contributed by atoms with Gasteiger partial charge in [-0.2, -0.15) is 0 Å². The second-order valence-electron chi connectivity index (χ2n) is 7.09. The summed E-state index contributed by atoms with van der Waals surface area (Å²) in [6.45, 7) is 4.71. The normalized spacial score (nSPS) is 13.1. The maximum atomic E-state index is 13.0. The number of hydrogen-bond acceptors (Lipinski definition) is 3. The molecular weight excluding hydrogens is 338 g/mol. The predicted octanol–water partition coefficient (Wildman–Crippen LogP) is 3.53. The highest BCUT2D eigenvalue weighted by Crippen LogP contribution is 2.18. The quantitative estimate of drug-likeness (QED) is 0.750. The lowest BCUT2D eigenvalue weighted by Crippen LogP contribution is -2.47. The first-order valence-electron chi connectivity index (χ1n) is 9.31. The summed E-state index contributed by atoms with van der Waals surface area (Å²) in [7, 11) is 3.97. The standard InChI is InChI=1S/C22H29N3O2/c1-5-16(2)20(24-21(26)17-11-7-6-8-12-17)22(27)23-19-14-10-9-13-18(19)15-25(3)4/h6-14,16,20H,5,15H2,1-4H3,(H,23,27)(H,24,26). The van der Waals surface area contributed by atoms with E-state index < -0.39 is 6.04 Å². The van der Waals surface area contributed by atoms with Crippen LogP contribution in [-0.4, -0.2) is 36.9 Å².